The van der Waals surface area contributed by atoms with Gasteiger partial charge in [0.05, 0.1) is 18.9 Å². The van der Waals surface area contributed by atoms with Gasteiger partial charge in [0.15, 0.2) is 0 Å². The van der Waals surface area contributed by atoms with Gasteiger partial charge in [-0.2, -0.15) is 0 Å². The summed E-state index contributed by atoms with van der Waals surface area (Å²) in [5.41, 5.74) is 2.01. The summed E-state index contributed by atoms with van der Waals surface area (Å²) < 4.78 is 5.74. The standard InChI is InChI=1S/C20H24N4O2/c25-19(23-10-16-4-3-6-21-9-16)8-20-14-24(11-17(20)13-26-15-20)12-18-5-1-2-7-22-18/h1-7,9,17H,8,10-15H2,(H,23,25)/t17-,20+/m1/s1. The minimum Gasteiger partial charge on any atom is -0.380 e. The fourth-order valence-corrected chi connectivity index (χ4v) is 4.12. The topological polar surface area (TPSA) is 67.3 Å². The highest BCUT2D eigenvalue weighted by Crippen LogP contribution is 2.44. The van der Waals surface area contributed by atoms with Gasteiger partial charge in [0, 0.05) is 62.5 Å². The number of rotatable bonds is 6. The fourth-order valence-electron chi connectivity index (χ4n) is 4.12. The third kappa shape index (κ3) is 3.76. The zero-order valence-electron chi connectivity index (χ0n) is 14.8. The van der Waals surface area contributed by atoms with E-state index in [0.29, 0.717) is 25.5 Å². The average Bonchev–Trinajstić information content (AvgIpc) is 3.18. The predicted octanol–water partition coefficient (Wildman–Crippen LogP) is 1.63. The third-order valence-electron chi connectivity index (χ3n) is 5.43. The van der Waals surface area contributed by atoms with Gasteiger partial charge in [0.25, 0.3) is 0 Å². The van der Waals surface area contributed by atoms with E-state index in [9.17, 15) is 4.79 Å². The van der Waals surface area contributed by atoms with Crippen LogP contribution in [-0.4, -0.2) is 47.1 Å². The van der Waals surface area contributed by atoms with E-state index in [1.54, 1.807) is 12.4 Å². The van der Waals surface area contributed by atoms with Crippen LogP contribution in [0.4, 0.5) is 0 Å². The molecule has 136 valence electrons. The number of hydrogen-bond donors (Lipinski definition) is 1. The van der Waals surface area contributed by atoms with Crippen molar-refractivity contribution in [2.24, 2.45) is 11.3 Å². The molecule has 26 heavy (non-hydrogen) atoms. The summed E-state index contributed by atoms with van der Waals surface area (Å²) >= 11 is 0. The van der Waals surface area contributed by atoms with Crippen molar-refractivity contribution >= 4 is 5.91 Å². The maximum absolute atomic E-state index is 12.6. The van der Waals surface area contributed by atoms with Crippen LogP contribution in [0.25, 0.3) is 0 Å². The van der Waals surface area contributed by atoms with E-state index in [-0.39, 0.29) is 11.3 Å². The largest absolute Gasteiger partial charge is 0.380 e. The smallest absolute Gasteiger partial charge is 0.220 e. The van der Waals surface area contributed by atoms with Crippen LogP contribution in [-0.2, 0) is 22.6 Å². The Bertz CT molecular complexity index is 740. The SMILES string of the molecule is O=C(C[C@]12COC[C@H]1CN(Cc1ccccn1)C2)NCc1cccnc1. The number of carbonyl (C=O) groups is 1. The Labute approximate surface area is 153 Å². The normalized spacial score (nSPS) is 25.2. The second-order valence-electron chi connectivity index (χ2n) is 7.38. The summed E-state index contributed by atoms with van der Waals surface area (Å²) in [4.78, 5) is 23.5. The van der Waals surface area contributed by atoms with Crippen LogP contribution in [0.1, 0.15) is 17.7 Å². The minimum atomic E-state index is -0.0756. The number of pyridine rings is 2. The van der Waals surface area contributed by atoms with Crippen LogP contribution in [0.3, 0.4) is 0 Å². The van der Waals surface area contributed by atoms with Crippen LogP contribution in [0.2, 0.25) is 0 Å². The number of carbonyl (C=O) groups excluding carboxylic acids is 1. The molecule has 1 amide bonds. The zero-order chi connectivity index (χ0) is 17.8. The summed E-state index contributed by atoms with van der Waals surface area (Å²) in [7, 11) is 0. The van der Waals surface area contributed by atoms with Gasteiger partial charge in [-0.05, 0) is 23.8 Å². The number of fused-ring (bicyclic) bond motifs is 1. The van der Waals surface area contributed by atoms with E-state index >= 15 is 0 Å². The molecule has 2 fully saturated rings. The molecule has 0 saturated carbocycles. The third-order valence-corrected chi connectivity index (χ3v) is 5.43. The minimum absolute atomic E-state index is 0.0756. The van der Waals surface area contributed by atoms with Crippen molar-refractivity contribution in [2.45, 2.75) is 19.5 Å². The lowest BCUT2D eigenvalue weighted by molar-refractivity contribution is -0.123. The molecule has 2 aliphatic rings. The molecule has 6 nitrogen and oxygen atoms in total. The zero-order valence-corrected chi connectivity index (χ0v) is 14.8. The first kappa shape index (κ1) is 17.1. The molecule has 0 spiro atoms. The van der Waals surface area contributed by atoms with Crippen molar-refractivity contribution < 1.29 is 9.53 Å². The summed E-state index contributed by atoms with van der Waals surface area (Å²) in [5.74, 6) is 0.499. The number of aromatic nitrogens is 2. The number of hydrogen-bond acceptors (Lipinski definition) is 5. The molecular weight excluding hydrogens is 328 g/mol. The van der Waals surface area contributed by atoms with Crippen molar-refractivity contribution in [3.8, 4) is 0 Å². The highest BCUT2D eigenvalue weighted by Gasteiger charge is 2.51. The molecule has 2 aliphatic heterocycles. The number of nitrogens with one attached hydrogen (secondary N) is 1. The van der Waals surface area contributed by atoms with Crippen molar-refractivity contribution in [2.75, 3.05) is 26.3 Å². The molecule has 0 radical (unpaired) electrons. The molecule has 4 rings (SSSR count). The Morgan fingerprint density at radius 2 is 2.27 bits per heavy atom. The van der Waals surface area contributed by atoms with Crippen LogP contribution in [0.5, 0.6) is 0 Å². The predicted molar refractivity (Wildman–Crippen MR) is 97.0 cm³/mol. The maximum atomic E-state index is 12.6. The van der Waals surface area contributed by atoms with Crippen molar-refractivity contribution in [1.82, 2.24) is 20.2 Å². The molecule has 4 heterocycles. The summed E-state index contributed by atoms with van der Waals surface area (Å²) in [5, 5.41) is 3.03. The van der Waals surface area contributed by atoms with Crippen molar-refractivity contribution in [3.05, 3.63) is 60.2 Å². The quantitative estimate of drug-likeness (QED) is 0.856. The van der Waals surface area contributed by atoms with Crippen molar-refractivity contribution in [1.29, 1.82) is 0 Å². The molecule has 6 heteroatoms. The lowest BCUT2D eigenvalue weighted by Gasteiger charge is -2.26. The Morgan fingerprint density at radius 3 is 3.08 bits per heavy atom. The van der Waals surface area contributed by atoms with Gasteiger partial charge in [-0.1, -0.05) is 12.1 Å². The molecule has 1 N–H and O–H groups in total. The maximum Gasteiger partial charge on any atom is 0.220 e. The molecule has 2 saturated heterocycles. The highest BCUT2D eigenvalue weighted by atomic mass is 16.5. The summed E-state index contributed by atoms with van der Waals surface area (Å²) in [6, 6.07) is 9.86. The number of nitrogens with zero attached hydrogens (tertiary/aromatic N) is 3. The average molecular weight is 352 g/mol. The van der Waals surface area contributed by atoms with Gasteiger partial charge in [0.2, 0.25) is 5.91 Å². The molecule has 0 aromatic carbocycles. The molecule has 2 atom stereocenters. The Balaban J connectivity index is 1.36. The van der Waals surface area contributed by atoms with Crippen LogP contribution >= 0.6 is 0 Å². The lowest BCUT2D eigenvalue weighted by atomic mass is 9.78. The molecule has 2 aromatic heterocycles. The van der Waals surface area contributed by atoms with Gasteiger partial charge in [-0.25, -0.2) is 0 Å². The Morgan fingerprint density at radius 1 is 1.31 bits per heavy atom. The van der Waals surface area contributed by atoms with E-state index in [1.807, 2.05) is 30.5 Å². The molecule has 0 aliphatic carbocycles. The Kier molecular flexibility index (Phi) is 4.95. The van der Waals surface area contributed by atoms with E-state index in [4.69, 9.17) is 4.74 Å². The second kappa shape index (κ2) is 7.51. The van der Waals surface area contributed by atoms with E-state index in [1.165, 1.54) is 0 Å². The summed E-state index contributed by atoms with van der Waals surface area (Å²) in [6.07, 6.45) is 5.86. The van der Waals surface area contributed by atoms with Gasteiger partial charge in [0.1, 0.15) is 0 Å². The van der Waals surface area contributed by atoms with Gasteiger partial charge >= 0.3 is 0 Å². The lowest BCUT2D eigenvalue weighted by Crippen LogP contribution is -2.37. The van der Waals surface area contributed by atoms with Gasteiger partial charge < -0.3 is 10.1 Å². The van der Waals surface area contributed by atoms with E-state index in [2.05, 4.69) is 26.3 Å². The van der Waals surface area contributed by atoms with Crippen LogP contribution < -0.4 is 5.32 Å². The van der Waals surface area contributed by atoms with E-state index < -0.39 is 0 Å². The molecular formula is C20H24N4O2. The molecule has 0 bridgehead atoms. The number of amides is 1. The van der Waals surface area contributed by atoms with Crippen molar-refractivity contribution in [3.63, 3.8) is 0 Å². The number of ether oxygens (including phenoxy) is 1. The first-order chi connectivity index (χ1) is 12.7. The highest BCUT2D eigenvalue weighted by molar-refractivity contribution is 5.77. The van der Waals surface area contributed by atoms with Gasteiger partial charge in [-0.15, -0.1) is 0 Å². The Hall–Kier alpha value is -2.31. The van der Waals surface area contributed by atoms with E-state index in [0.717, 1.165) is 37.5 Å². The fraction of sp³-hybridized carbons (Fsp3) is 0.450. The summed E-state index contributed by atoms with van der Waals surface area (Å²) in [6.45, 7) is 4.61. The second-order valence-corrected chi connectivity index (χ2v) is 7.38. The number of likely N-dealkylation sites (tertiary alicyclic amines) is 1. The van der Waals surface area contributed by atoms with Crippen LogP contribution in [0, 0.1) is 11.3 Å². The first-order valence-electron chi connectivity index (χ1n) is 9.09. The first-order valence-corrected chi connectivity index (χ1v) is 9.09. The molecule has 2 aromatic rings. The van der Waals surface area contributed by atoms with Crippen LogP contribution in [0.15, 0.2) is 48.9 Å². The monoisotopic (exact) mass is 352 g/mol. The molecule has 0 unspecified atom stereocenters. The van der Waals surface area contributed by atoms with Gasteiger partial charge in [-0.3, -0.25) is 19.7 Å².